The van der Waals surface area contributed by atoms with Crippen LogP contribution in [0.15, 0.2) is 0 Å². The number of hydrogen-bond donors (Lipinski definition) is 1. The Morgan fingerprint density at radius 1 is 1.14 bits per heavy atom. The third kappa shape index (κ3) is 1.28. The standard InChI is InChI=1S/C11H18F2O/c1-2-3-9-4-6-10(14,7-5-9)8-11(9,12)13/h14H,2-8H2,1H3. The zero-order chi connectivity index (χ0) is 10.4. The van der Waals surface area contributed by atoms with Crippen molar-refractivity contribution in [3.05, 3.63) is 0 Å². The summed E-state index contributed by atoms with van der Waals surface area (Å²) in [5.41, 5.74) is -1.84. The molecule has 0 atom stereocenters. The van der Waals surface area contributed by atoms with E-state index in [0.717, 1.165) is 6.42 Å². The largest absolute Gasteiger partial charge is 0.390 e. The molecule has 0 aromatic heterocycles. The maximum Gasteiger partial charge on any atom is 0.256 e. The minimum absolute atomic E-state index is 0.306. The highest BCUT2D eigenvalue weighted by Gasteiger charge is 2.63. The van der Waals surface area contributed by atoms with Crippen molar-refractivity contribution in [2.75, 3.05) is 0 Å². The molecule has 3 heteroatoms. The highest BCUT2D eigenvalue weighted by atomic mass is 19.3. The Morgan fingerprint density at radius 3 is 2.14 bits per heavy atom. The van der Waals surface area contributed by atoms with Gasteiger partial charge in [0.1, 0.15) is 0 Å². The number of aliphatic hydroxyl groups is 1. The first kappa shape index (κ1) is 10.3. The molecule has 1 nitrogen and oxygen atoms in total. The van der Waals surface area contributed by atoms with Crippen molar-refractivity contribution in [3.8, 4) is 0 Å². The molecule has 0 aromatic rings. The third-order valence-corrected chi connectivity index (χ3v) is 4.19. The molecule has 82 valence electrons. The Kier molecular flexibility index (Phi) is 2.15. The fourth-order valence-electron chi connectivity index (χ4n) is 3.25. The van der Waals surface area contributed by atoms with Crippen molar-refractivity contribution in [3.63, 3.8) is 0 Å². The van der Waals surface area contributed by atoms with Gasteiger partial charge in [0.15, 0.2) is 0 Å². The summed E-state index contributed by atoms with van der Waals surface area (Å²) in [6.45, 7) is 1.96. The van der Waals surface area contributed by atoms with Crippen LogP contribution in [0.3, 0.4) is 0 Å². The molecule has 1 N–H and O–H groups in total. The molecule has 3 saturated carbocycles. The molecule has 0 saturated heterocycles. The van der Waals surface area contributed by atoms with E-state index in [-0.39, 0.29) is 6.42 Å². The summed E-state index contributed by atoms with van der Waals surface area (Å²) in [6.07, 6.45) is 3.27. The van der Waals surface area contributed by atoms with Gasteiger partial charge in [-0.15, -0.1) is 0 Å². The van der Waals surface area contributed by atoms with Crippen molar-refractivity contribution in [2.45, 2.75) is 63.4 Å². The van der Waals surface area contributed by atoms with E-state index in [0.29, 0.717) is 32.1 Å². The number of rotatable bonds is 2. The fraction of sp³-hybridized carbons (Fsp3) is 1.00. The lowest BCUT2D eigenvalue weighted by molar-refractivity contribution is -0.245. The average Bonchev–Trinajstić information content (AvgIpc) is 2.07. The molecule has 0 heterocycles. The molecular formula is C11H18F2O. The van der Waals surface area contributed by atoms with Crippen LogP contribution in [0.25, 0.3) is 0 Å². The predicted octanol–water partition coefficient (Wildman–Crippen LogP) is 3.12. The lowest BCUT2D eigenvalue weighted by atomic mass is 9.55. The van der Waals surface area contributed by atoms with Crippen LogP contribution in [0.2, 0.25) is 0 Å². The minimum atomic E-state index is -2.64. The third-order valence-electron chi connectivity index (χ3n) is 4.19. The molecule has 3 fully saturated rings. The molecule has 14 heavy (non-hydrogen) atoms. The Hall–Kier alpha value is -0.180. The monoisotopic (exact) mass is 204 g/mol. The number of alkyl halides is 2. The summed E-state index contributed by atoms with van der Waals surface area (Å²) in [5, 5.41) is 9.86. The number of hydrogen-bond acceptors (Lipinski definition) is 1. The summed E-state index contributed by atoms with van der Waals surface area (Å²) < 4.78 is 27.7. The Morgan fingerprint density at radius 2 is 1.71 bits per heavy atom. The number of halogens is 2. The van der Waals surface area contributed by atoms with E-state index in [1.54, 1.807) is 0 Å². The van der Waals surface area contributed by atoms with Gasteiger partial charge in [0.2, 0.25) is 0 Å². The quantitative estimate of drug-likeness (QED) is 0.732. The van der Waals surface area contributed by atoms with Gasteiger partial charge in [-0.05, 0) is 32.1 Å². The lowest BCUT2D eigenvalue weighted by Crippen LogP contribution is -2.58. The topological polar surface area (TPSA) is 20.2 Å². The molecule has 0 aliphatic heterocycles. The molecule has 3 aliphatic carbocycles. The van der Waals surface area contributed by atoms with Crippen LogP contribution in [0.5, 0.6) is 0 Å². The molecule has 0 radical (unpaired) electrons. The second-order valence-corrected chi connectivity index (χ2v) is 5.14. The maximum atomic E-state index is 13.8. The molecule has 2 bridgehead atoms. The summed E-state index contributed by atoms with van der Waals surface area (Å²) in [7, 11) is 0. The Balaban J connectivity index is 2.25. The van der Waals surface area contributed by atoms with Crippen LogP contribution in [0.4, 0.5) is 8.78 Å². The fourth-order valence-corrected chi connectivity index (χ4v) is 3.25. The van der Waals surface area contributed by atoms with Crippen molar-refractivity contribution < 1.29 is 13.9 Å². The van der Waals surface area contributed by atoms with Gasteiger partial charge in [-0.1, -0.05) is 13.3 Å². The first-order chi connectivity index (χ1) is 6.43. The van der Waals surface area contributed by atoms with E-state index in [1.807, 2.05) is 6.92 Å². The van der Waals surface area contributed by atoms with E-state index in [4.69, 9.17) is 0 Å². The molecule has 3 rings (SSSR count). The molecule has 3 aliphatic rings. The Labute approximate surface area is 83.5 Å². The SMILES string of the molecule is CCCC12CCC(O)(CC1)CC2(F)F. The van der Waals surface area contributed by atoms with Crippen molar-refractivity contribution in [2.24, 2.45) is 5.41 Å². The van der Waals surface area contributed by atoms with Crippen LogP contribution < -0.4 is 0 Å². The van der Waals surface area contributed by atoms with Crippen molar-refractivity contribution in [1.29, 1.82) is 0 Å². The molecule has 0 amide bonds. The zero-order valence-electron chi connectivity index (χ0n) is 8.65. The van der Waals surface area contributed by atoms with Gasteiger partial charge in [-0.2, -0.15) is 0 Å². The summed E-state index contributed by atoms with van der Waals surface area (Å²) in [4.78, 5) is 0. The van der Waals surface area contributed by atoms with Crippen LogP contribution in [-0.2, 0) is 0 Å². The van der Waals surface area contributed by atoms with Gasteiger partial charge < -0.3 is 5.11 Å². The van der Waals surface area contributed by atoms with Gasteiger partial charge in [0, 0.05) is 11.8 Å². The second-order valence-electron chi connectivity index (χ2n) is 5.14. The zero-order valence-corrected chi connectivity index (χ0v) is 8.65. The van der Waals surface area contributed by atoms with E-state index >= 15 is 0 Å². The lowest BCUT2D eigenvalue weighted by Gasteiger charge is -2.55. The van der Waals surface area contributed by atoms with Gasteiger partial charge in [0.25, 0.3) is 5.92 Å². The summed E-state index contributed by atoms with van der Waals surface area (Å²) in [5.74, 6) is -2.64. The maximum absolute atomic E-state index is 13.8. The van der Waals surface area contributed by atoms with Gasteiger partial charge in [-0.3, -0.25) is 0 Å². The normalized spacial score (nSPS) is 45.4. The second kappa shape index (κ2) is 2.91. The van der Waals surface area contributed by atoms with Crippen LogP contribution in [0.1, 0.15) is 51.9 Å². The molecule has 0 unspecified atom stereocenters. The van der Waals surface area contributed by atoms with Gasteiger partial charge in [0.05, 0.1) is 5.60 Å². The van der Waals surface area contributed by atoms with E-state index in [9.17, 15) is 13.9 Å². The van der Waals surface area contributed by atoms with Gasteiger partial charge in [-0.25, -0.2) is 8.78 Å². The van der Waals surface area contributed by atoms with E-state index in [2.05, 4.69) is 0 Å². The average molecular weight is 204 g/mol. The first-order valence-electron chi connectivity index (χ1n) is 5.53. The highest BCUT2D eigenvalue weighted by Crippen LogP contribution is 2.61. The first-order valence-corrected chi connectivity index (χ1v) is 5.53. The molecule has 0 spiro atoms. The Bertz CT molecular complexity index is 229. The smallest absolute Gasteiger partial charge is 0.256 e. The predicted molar refractivity (Wildman–Crippen MR) is 50.3 cm³/mol. The van der Waals surface area contributed by atoms with Crippen LogP contribution in [-0.4, -0.2) is 16.6 Å². The molecule has 0 aromatic carbocycles. The summed E-state index contributed by atoms with van der Waals surface area (Å²) >= 11 is 0. The van der Waals surface area contributed by atoms with Crippen LogP contribution in [0, 0.1) is 5.41 Å². The van der Waals surface area contributed by atoms with Crippen molar-refractivity contribution in [1.82, 2.24) is 0 Å². The number of fused-ring (bicyclic) bond motifs is 3. The van der Waals surface area contributed by atoms with Crippen LogP contribution >= 0.6 is 0 Å². The van der Waals surface area contributed by atoms with E-state index in [1.165, 1.54) is 0 Å². The van der Waals surface area contributed by atoms with E-state index < -0.39 is 16.9 Å². The minimum Gasteiger partial charge on any atom is -0.390 e. The van der Waals surface area contributed by atoms with Gasteiger partial charge >= 0.3 is 0 Å². The molecular weight excluding hydrogens is 186 g/mol. The summed E-state index contributed by atoms with van der Waals surface area (Å²) in [6, 6.07) is 0. The highest BCUT2D eigenvalue weighted by molar-refractivity contribution is 5.08. The van der Waals surface area contributed by atoms with Crippen molar-refractivity contribution >= 4 is 0 Å².